The molecule has 100 valence electrons. The molecule has 0 spiro atoms. The van der Waals surface area contributed by atoms with Crippen LogP contribution in [0.5, 0.6) is 5.75 Å². The lowest BCUT2D eigenvalue weighted by molar-refractivity contribution is -0.384. The third-order valence-electron chi connectivity index (χ3n) is 2.46. The summed E-state index contributed by atoms with van der Waals surface area (Å²) in [6.07, 6.45) is 0.502. The van der Waals surface area contributed by atoms with Gasteiger partial charge in [-0.3, -0.25) is 14.9 Å². The molecule has 1 N–H and O–H groups in total. The molecule has 0 atom stereocenters. The fraction of sp³-hybridized carbons (Fsp3) is 0. The standard InChI is InChI=1S/C13H9N3O4/c17-8-9-6-11(4-5-13(9)18)15-14-10-2-1-3-12(7-10)16(19)20/h1-8,18H. The van der Waals surface area contributed by atoms with Crippen LogP contribution in [0.3, 0.4) is 0 Å². The highest BCUT2D eigenvalue weighted by atomic mass is 16.6. The highest BCUT2D eigenvalue weighted by molar-refractivity contribution is 5.80. The van der Waals surface area contributed by atoms with Crippen LogP contribution in [0.2, 0.25) is 0 Å². The second kappa shape index (κ2) is 5.70. The average Bonchev–Trinajstić information content (AvgIpc) is 2.46. The van der Waals surface area contributed by atoms with E-state index in [1.807, 2.05) is 0 Å². The van der Waals surface area contributed by atoms with Crippen LogP contribution in [0.15, 0.2) is 52.7 Å². The Hall–Kier alpha value is -3.09. The Bertz CT molecular complexity index is 698. The molecule has 2 aromatic rings. The van der Waals surface area contributed by atoms with E-state index in [9.17, 15) is 20.0 Å². The summed E-state index contributed by atoms with van der Waals surface area (Å²) in [7, 11) is 0. The molecule has 0 saturated carbocycles. The van der Waals surface area contributed by atoms with Gasteiger partial charge in [0.1, 0.15) is 5.75 Å². The Labute approximate surface area is 113 Å². The number of azo groups is 1. The maximum atomic E-state index is 10.7. The van der Waals surface area contributed by atoms with Gasteiger partial charge in [0.2, 0.25) is 0 Å². The molecule has 0 bridgehead atoms. The summed E-state index contributed by atoms with van der Waals surface area (Å²) >= 11 is 0. The first-order chi connectivity index (χ1) is 9.60. The van der Waals surface area contributed by atoms with E-state index in [4.69, 9.17) is 0 Å². The fourth-order valence-corrected chi connectivity index (χ4v) is 1.48. The van der Waals surface area contributed by atoms with Crippen molar-refractivity contribution in [2.24, 2.45) is 10.2 Å². The number of carbonyl (C=O) groups excluding carboxylic acids is 1. The molecule has 0 aliphatic carbocycles. The van der Waals surface area contributed by atoms with Crippen LogP contribution in [0.25, 0.3) is 0 Å². The van der Waals surface area contributed by atoms with E-state index in [2.05, 4.69) is 10.2 Å². The smallest absolute Gasteiger partial charge is 0.271 e. The fourth-order valence-electron chi connectivity index (χ4n) is 1.48. The number of phenolic OH excluding ortho intramolecular Hbond substituents is 1. The Morgan fingerprint density at radius 3 is 2.45 bits per heavy atom. The minimum absolute atomic E-state index is 0.0827. The molecule has 0 aromatic heterocycles. The van der Waals surface area contributed by atoms with Crippen LogP contribution < -0.4 is 0 Å². The summed E-state index contributed by atoms with van der Waals surface area (Å²) in [6, 6.07) is 9.87. The zero-order valence-corrected chi connectivity index (χ0v) is 10.1. The van der Waals surface area contributed by atoms with E-state index in [0.29, 0.717) is 17.7 Å². The third kappa shape index (κ3) is 3.02. The van der Waals surface area contributed by atoms with Crippen LogP contribution >= 0.6 is 0 Å². The number of nitrogens with zero attached hydrogens (tertiary/aromatic N) is 3. The van der Waals surface area contributed by atoms with Gasteiger partial charge in [-0.15, -0.1) is 0 Å². The first-order valence-corrected chi connectivity index (χ1v) is 5.54. The first kappa shape index (κ1) is 13.3. The number of nitro benzene ring substituents is 1. The molecule has 7 nitrogen and oxygen atoms in total. The number of nitro groups is 1. The Morgan fingerprint density at radius 1 is 1.10 bits per heavy atom. The molecule has 20 heavy (non-hydrogen) atoms. The predicted octanol–water partition coefficient (Wildman–Crippen LogP) is 3.53. The summed E-state index contributed by atoms with van der Waals surface area (Å²) in [4.78, 5) is 20.8. The lowest BCUT2D eigenvalue weighted by atomic mass is 10.2. The molecule has 0 fully saturated rings. The molecule has 2 aromatic carbocycles. The molecule has 0 aliphatic heterocycles. The molecule has 0 aliphatic rings. The number of phenols is 1. The number of hydrogen-bond acceptors (Lipinski definition) is 6. The Kier molecular flexibility index (Phi) is 3.80. The number of carbonyl (C=O) groups is 1. The van der Waals surface area contributed by atoms with Crippen LogP contribution in [0.4, 0.5) is 17.1 Å². The van der Waals surface area contributed by atoms with Crippen molar-refractivity contribution in [1.82, 2.24) is 0 Å². The maximum absolute atomic E-state index is 10.7. The van der Waals surface area contributed by atoms with E-state index < -0.39 is 4.92 Å². The van der Waals surface area contributed by atoms with Gasteiger partial charge in [-0.05, 0) is 24.3 Å². The molecule has 0 heterocycles. The first-order valence-electron chi connectivity index (χ1n) is 5.54. The molecular weight excluding hydrogens is 262 g/mol. The van der Waals surface area contributed by atoms with Crippen molar-refractivity contribution >= 4 is 23.3 Å². The second-order valence-corrected chi connectivity index (χ2v) is 3.84. The predicted molar refractivity (Wildman–Crippen MR) is 70.8 cm³/mol. The van der Waals surface area contributed by atoms with Gasteiger partial charge < -0.3 is 5.11 Å². The van der Waals surface area contributed by atoms with Gasteiger partial charge in [0.15, 0.2) is 6.29 Å². The summed E-state index contributed by atoms with van der Waals surface area (Å²) in [5.41, 5.74) is 0.692. The number of aromatic hydroxyl groups is 1. The molecule has 0 radical (unpaired) electrons. The van der Waals surface area contributed by atoms with Crippen molar-refractivity contribution in [1.29, 1.82) is 0 Å². The maximum Gasteiger partial charge on any atom is 0.271 e. The van der Waals surface area contributed by atoms with Gasteiger partial charge in [-0.25, -0.2) is 0 Å². The summed E-state index contributed by atoms with van der Waals surface area (Å²) in [5, 5.41) is 27.7. The van der Waals surface area contributed by atoms with Gasteiger partial charge in [0.25, 0.3) is 5.69 Å². The van der Waals surface area contributed by atoms with E-state index in [0.717, 1.165) is 0 Å². The number of rotatable bonds is 4. The van der Waals surface area contributed by atoms with Gasteiger partial charge in [-0.1, -0.05) is 6.07 Å². The van der Waals surface area contributed by atoms with Crippen molar-refractivity contribution in [3.05, 3.63) is 58.1 Å². The van der Waals surface area contributed by atoms with Crippen LogP contribution in [0.1, 0.15) is 10.4 Å². The zero-order chi connectivity index (χ0) is 14.5. The topological polar surface area (TPSA) is 105 Å². The normalized spacial score (nSPS) is 10.6. The van der Waals surface area contributed by atoms with Crippen LogP contribution in [-0.2, 0) is 0 Å². The highest BCUT2D eigenvalue weighted by Gasteiger charge is 2.05. The largest absolute Gasteiger partial charge is 0.507 e. The van der Waals surface area contributed by atoms with E-state index >= 15 is 0 Å². The minimum atomic E-state index is -0.524. The summed E-state index contributed by atoms with van der Waals surface area (Å²) in [5.74, 6) is -0.144. The van der Waals surface area contributed by atoms with Gasteiger partial charge in [0, 0.05) is 12.1 Å². The minimum Gasteiger partial charge on any atom is -0.507 e. The molecule has 0 unspecified atom stereocenters. The molecule has 0 amide bonds. The SMILES string of the molecule is O=Cc1cc(N=Nc2cccc([N+](=O)[O-])c2)ccc1O. The summed E-state index contributed by atoms with van der Waals surface area (Å²) < 4.78 is 0. The van der Waals surface area contributed by atoms with Gasteiger partial charge in [0.05, 0.1) is 21.9 Å². The highest BCUT2D eigenvalue weighted by Crippen LogP contribution is 2.25. The number of hydrogen-bond donors (Lipinski definition) is 1. The van der Waals surface area contributed by atoms with Crippen molar-refractivity contribution < 1.29 is 14.8 Å². The second-order valence-electron chi connectivity index (χ2n) is 3.84. The molecule has 2 rings (SSSR count). The van der Waals surface area contributed by atoms with Crippen LogP contribution in [-0.4, -0.2) is 16.3 Å². The van der Waals surface area contributed by atoms with Gasteiger partial charge in [-0.2, -0.15) is 10.2 Å². The number of aldehydes is 1. The Balaban J connectivity index is 2.27. The van der Waals surface area contributed by atoms with E-state index in [1.54, 1.807) is 6.07 Å². The van der Waals surface area contributed by atoms with Crippen molar-refractivity contribution in [3.8, 4) is 5.75 Å². The van der Waals surface area contributed by atoms with Crippen molar-refractivity contribution in [3.63, 3.8) is 0 Å². The van der Waals surface area contributed by atoms with Crippen LogP contribution in [0, 0.1) is 10.1 Å². The van der Waals surface area contributed by atoms with Crippen molar-refractivity contribution in [2.75, 3.05) is 0 Å². The van der Waals surface area contributed by atoms with Crippen molar-refractivity contribution in [2.45, 2.75) is 0 Å². The quantitative estimate of drug-likeness (QED) is 0.397. The number of benzene rings is 2. The number of non-ortho nitro benzene ring substituents is 1. The molecule has 0 saturated heterocycles. The van der Waals surface area contributed by atoms with Gasteiger partial charge >= 0.3 is 0 Å². The van der Waals surface area contributed by atoms with E-state index in [-0.39, 0.29) is 17.0 Å². The van der Waals surface area contributed by atoms with E-state index in [1.165, 1.54) is 36.4 Å². The lowest BCUT2D eigenvalue weighted by Gasteiger charge is -1.98. The molecular formula is C13H9N3O4. The molecule has 7 heteroatoms. The Morgan fingerprint density at radius 2 is 1.80 bits per heavy atom. The lowest BCUT2D eigenvalue weighted by Crippen LogP contribution is -1.85. The monoisotopic (exact) mass is 271 g/mol. The average molecular weight is 271 g/mol. The zero-order valence-electron chi connectivity index (χ0n) is 10.1. The summed E-state index contributed by atoms with van der Waals surface area (Å²) in [6.45, 7) is 0. The third-order valence-corrected chi connectivity index (χ3v) is 2.46.